The maximum absolute atomic E-state index is 6.21. The van der Waals surface area contributed by atoms with Crippen LogP contribution in [0.1, 0.15) is 26.7 Å². The van der Waals surface area contributed by atoms with Crippen LogP contribution in [-0.2, 0) is 8.85 Å². The van der Waals surface area contributed by atoms with E-state index in [0.29, 0.717) is 0 Å². The monoisotopic (exact) mass is 280 g/mol. The summed E-state index contributed by atoms with van der Waals surface area (Å²) in [5.41, 5.74) is 2.06. The zero-order chi connectivity index (χ0) is 13.3. The Bertz CT molecular complexity index is 333. The van der Waals surface area contributed by atoms with E-state index in [1.54, 1.807) is 0 Å². The molecule has 0 saturated carbocycles. The van der Waals surface area contributed by atoms with Crippen LogP contribution >= 0.6 is 0 Å². The molecule has 0 heterocycles. The van der Waals surface area contributed by atoms with Gasteiger partial charge in [-0.25, -0.2) is 0 Å². The molecule has 18 heavy (non-hydrogen) atoms. The second-order valence-corrected chi connectivity index (χ2v) is 12.0. The van der Waals surface area contributed by atoms with Gasteiger partial charge in [-0.2, -0.15) is 0 Å². The van der Waals surface area contributed by atoms with Gasteiger partial charge in [0, 0.05) is 13.2 Å². The van der Waals surface area contributed by atoms with E-state index in [0.717, 1.165) is 26.1 Å². The first-order chi connectivity index (χ1) is 8.79. The van der Waals surface area contributed by atoms with E-state index in [2.05, 4.69) is 50.4 Å². The summed E-state index contributed by atoms with van der Waals surface area (Å²) in [4.78, 5) is 0. The van der Waals surface area contributed by atoms with Gasteiger partial charge in [0.2, 0.25) is 0 Å². The predicted octanol–water partition coefficient (Wildman–Crippen LogP) is 2.00. The Kier molecular flexibility index (Phi) is 7.19. The van der Waals surface area contributed by atoms with E-state index in [1.165, 1.54) is 5.19 Å². The summed E-state index contributed by atoms with van der Waals surface area (Å²) in [5.74, 6) is 0. The molecule has 0 aliphatic carbocycles. The van der Waals surface area contributed by atoms with Crippen LogP contribution in [0, 0.1) is 0 Å². The highest BCUT2D eigenvalue weighted by molar-refractivity contribution is 7.26. The number of hydrogen-bond donors (Lipinski definition) is 0. The highest BCUT2D eigenvalue weighted by atomic mass is 29.2. The van der Waals surface area contributed by atoms with Gasteiger partial charge in [0.05, 0.1) is 0 Å². The fourth-order valence-corrected chi connectivity index (χ4v) is 9.02. The first-order valence-electron chi connectivity index (χ1n) is 6.73. The van der Waals surface area contributed by atoms with Gasteiger partial charge in [-0.15, -0.1) is 12.3 Å². The molecular formula is C14H24O2Si2. The van der Waals surface area contributed by atoms with Crippen LogP contribution < -0.4 is 5.19 Å². The largest absolute Gasteiger partial charge is 0.394 e. The van der Waals surface area contributed by atoms with Crippen LogP contribution in [0.4, 0.5) is 0 Å². The van der Waals surface area contributed by atoms with E-state index in [9.17, 15) is 0 Å². The summed E-state index contributed by atoms with van der Waals surface area (Å²) in [5, 5.41) is 1.26. The normalized spacial score (nSPS) is 12.1. The molecule has 2 nitrogen and oxygen atoms in total. The first-order valence-corrected chi connectivity index (χ1v) is 11.7. The lowest BCUT2D eigenvalue weighted by Gasteiger charge is -2.30. The van der Waals surface area contributed by atoms with Crippen LogP contribution in [-0.4, -0.2) is 30.3 Å². The average molecular weight is 281 g/mol. The van der Waals surface area contributed by atoms with Crippen molar-refractivity contribution in [2.45, 2.75) is 26.7 Å². The van der Waals surface area contributed by atoms with E-state index in [4.69, 9.17) is 8.85 Å². The number of hydrogen-bond acceptors (Lipinski definition) is 2. The Morgan fingerprint density at radius 2 is 1.67 bits per heavy atom. The van der Waals surface area contributed by atoms with Gasteiger partial charge >= 0.3 is 8.08 Å². The highest BCUT2D eigenvalue weighted by Gasteiger charge is 2.38. The Hall–Kier alpha value is -0.686. The fraction of sp³-hybridized carbons (Fsp3) is 0.429. The lowest BCUT2D eigenvalue weighted by atomic mass is 10.4. The molecule has 1 aromatic carbocycles. The van der Waals surface area contributed by atoms with Gasteiger partial charge in [0.15, 0.2) is 0 Å². The molecule has 0 bridgehead atoms. The maximum atomic E-state index is 6.21. The van der Waals surface area contributed by atoms with Crippen LogP contribution in [0.2, 0.25) is 0 Å². The zero-order valence-corrected chi connectivity index (χ0v) is 13.9. The van der Waals surface area contributed by atoms with E-state index >= 15 is 0 Å². The molecular weight excluding hydrogens is 256 g/mol. The Morgan fingerprint density at radius 3 is 2.11 bits per heavy atom. The molecule has 1 aromatic rings. The molecule has 0 fully saturated rings. The molecule has 0 N–H and O–H groups in total. The minimum Gasteiger partial charge on any atom is -0.394 e. The number of rotatable bonds is 9. The Labute approximate surface area is 114 Å². The second-order valence-electron chi connectivity index (χ2n) is 4.31. The molecule has 0 amide bonds. The zero-order valence-electron chi connectivity index (χ0n) is 11.5. The third-order valence-corrected chi connectivity index (χ3v) is 11.0. The van der Waals surface area contributed by atoms with Crippen molar-refractivity contribution in [3.05, 3.63) is 42.6 Å². The molecule has 0 unspecified atom stereocenters. The molecule has 0 aliphatic rings. The molecule has 100 valence electrons. The van der Waals surface area contributed by atoms with E-state index < -0.39 is 17.1 Å². The van der Waals surface area contributed by atoms with Crippen molar-refractivity contribution in [1.29, 1.82) is 0 Å². The summed E-state index contributed by atoms with van der Waals surface area (Å²) < 4.78 is 12.4. The Balaban J connectivity index is 2.97. The van der Waals surface area contributed by atoms with Gasteiger partial charge in [0.1, 0.15) is 9.04 Å². The van der Waals surface area contributed by atoms with E-state index in [-0.39, 0.29) is 0 Å². The molecule has 0 spiro atoms. The van der Waals surface area contributed by atoms with Gasteiger partial charge in [-0.1, -0.05) is 44.2 Å². The van der Waals surface area contributed by atoms with Crippen LogP contribution in [0.25, 0.3) is 0 Å². The van der Waals surface area contributed by atoms with Crippen LogP contribution in [0.5, 0.6) is 0 Å². The molecule has 0 aromatic heterocycles. The highest BCUT2D eigenvalue weighted by Crippen LogP contribution is 2.09. The third kappa shape index (κ3) is 4.21. The summed E-state index contributed by atoms with van der Waals surface area (Å²) >= 11 is 0. The molecule has 0 aliphatic heterocycles. The molecule has 0 atom stereocenters. The van der Waals surface area contributed by atoms with Crippen molar-refractivity contribution in [2.75, 3.05) is 13.2 Å². The first kappa shape index (κ1) is 15.4. The van der Waals surface area contributed by atoms with E-state index in [1.807, 2.05) is 6.07 Å². The topological polar surface area (TPSA) is 18.5 Å². The van der Waals surface area contributed by atoms with Crippen LogP contribution in [0.15, 0.2) is 42.6 Å². The van der Waals surface area contributed by atoms with Crippen LogP contribution in [0.3, 0.4) is 0 Å². The molecule has 4 heteroatoms. The number of benzene rings is 1. The van der Waals surface area contributed by atoms with Crippen molar-refractivity contribution in [1.82, 2.24) is 0 Å². The SMILES string of the molecule is C=C[SiH2][Si](OCCC)(OCCC)c1ccccc1. The summed E-state index contributed by atoms with van der Waals surface area (Å²) in [6.45, 7) is 9.77. The van der Waals surface area contributed by atoms with Crippen molar-refractivity contribution < 1.29 is 8.85 Å². The molecule has 1 rings (SSSR count). The predicted molar refractivity (Wildman–Crippen MR) is 83.1 cm³/mol. The molecule has 0 radical (unpaired) electrons. The summed E-state index contributed by atoms with van der Waals surface area (Å²) in [6, 6.07) is 10.5. The third-order valence-electron chi connectivity index (χ3n) is 2.71. The summed E-state index contributed by atoms with van der Waals surface area (Å²) in [6.07, 6.45) is 2.06. The van der Waals surface area contributed by atoms with Crippen molar-refractivity contribution in [3.63, 3.8) is 0 Å². The minimum atomic E-state index is -2.19. The lowest BCUT2D eigenvalue weighted by molar-refractivity contribution is 0.197. The second kappa shape index (κ2) is 8.42. The van der Waals surface area contributed by atoms with Gasteiger partial charge in [0.25, 0.3) is 0 Å². The standard InChI is InChI=1S/C14H24O2Si2/c1-4-12-15-18(17-6-3,16-13-5-2)14-10-8-7-9-11-14/h6-11H,3-5,12-13,17H2,1-2H3. The summed E-state index contributed by atoms with van der Waals surface area (Å²) in [7, 11) is -2.74. The lowest BCUT2D eigenvalue weighted by Crippen LogP contribution is -2.59. The molecule has 0 saturated heterocycles. The fourth-order valence-electron chi connectivity index (χ4n) is 1.86. The van der Waals surface area contributed by atoms with Crippen molar-refractivity contribution >= 4 is 22.3 Å². The van der Waals surface area contributed by atoms with Crippen molar-refractivity contribution in [2.24, 2.45) is 0 Å². The smallest absolute Gasteiger partial charge is 0.346 e. The maximum Gasteiger partial charge on any atom is 0.346 e. The van der Waals surface area contributed by atoms with Crippen molar-refractivity contribution in [3.8, 4) is 0 Å². The average Bonchev–Trinajstić information content (AvgIpc) is 2.43. The van der Waals surface area contributed by atoms with Gasteiger partial charge in [-0.05, 0) is 18.0 Å². The Morgan fingerprint density at radius 1 is 1.11 bits per heavy atom. The van der Waals surface area contributed by atoms with Gasteiger partial charge < -0.3 is 8.85 Å². The van der Waals surface area contributed by atoms with Gasteiger partial charge in [-0.3, -0.25) is 0 Å². The quantitative estimate of drug-likeness (QED) is 0.644. The minimum absolute atomic E-state index is 0.552.